The SMILES string of the molecule is O=C(CC1SC(=NC(c2ccc(Cl)cc2)c2c(O)[nH]c(=O)[nH]c2=O)NC1=O)Nc1cccc(Cl)c1. The summed E-state index contributed by atoms with van der Waals surface area (Å²) in [4.78, 5) is 57.6. The van der Waals surface area contributed by atoms with Gasteiger partial charge in [-0.15, -0.1) is 0 Å². The van der Waals surface area contributed by atoms with Crippen LogP contribution in [-0.4, -0.2) is 37.3 Å². The molecule has 2 unspecified atom stereocenters. The maximum absolute atomic E-state index is 12.5. The van der Waals surface area contributed by atoms with Gasteiger partial charge in [0.05, 0.1) is 0 Å². The number of hydrogen-bond acceptors (Lipinski definition) is 7. The number of aromatic nitrogens is 2. The summed E-state index contributed by atoms with van der Waals surface area (Å²) >= 11 is 12.9. The van der Waals surface area contributed by atoms with Crippen molar-refractivity contribution in [2.24, 2.45) is 4.99 Å². The summed E-state index contributed by atoms with van der Waals surface area (Å²) < 4.78 is 0. The number of aromatic hydroxyl groups is 1. The lowest BCUT2D eigenvalue weighted by molar-refractivity contribution is -0.122. The lowest BCUT2D eigenvalue weighted by atomic mass is 10.0. The molecule has 5 N–H and O–H groups in total. The van der Waals surface area contributed by atoms with Crippen LogP contribution in [0, 0.1) is 0 Å². The van der Waals surface area contributed by atoms with Gasteiger partial charge in [-0.3, -0.25) is 24.4 Å². The number of halogens is 2. The van der Waals surface area contributed by atoms with E-state index in [1.807, 2.05) is 0 Å². The number of carbonyl (C=O) groups is 2. The summed E-state index contributed by atoms with van der Waals surface area (Å²) in [7, 11) is 0. The molecule has 180 valence electrons. The Morgan fingerprint density at radius 3 is 2.51 bits per heavy atom. The van der Waals surface area contributed by atoms with Crippen LogP contribution in [0.2, 0.25) is 10.0 Å². The molecule has 13 heteroatoms. The van der Waals surface area contributed by atoms with Crippen molar-refractivity contribution >= 4 is 57.6 Å². The second-order valence-electron chi connectivity index (χ2n) is 7.42. The molecule has 3 aromatic rings. The number of carbonyl (C=O) groups excluding carboxylic acids is 2. The number of H-pyrrole nitrogens is 2. The van der Waals surface area contributed by atoms with Crippen LogP contribution < -0.4 is 21.9 Å². The minimum Gasteiger partial charge on any atom is -0.494 e. The molecule has 10 nitrogen and oxygen atoms in total. The minimum absolute atomic E-state index is 0.139. The lowest BCUT2D eigenvalue weighted by Crippen LogP contribution is -2.29. The molecule has 0 spiro atoms. The fourth-order valence-electron chi connectivity index (χ4n) is 3.35. The van der Waals surface area contributed by atoms with E-state index in [4.69, 9.17) is 23.2 Å². The van der Waals surface area contributed by atoms with Gasteiger partial charge in [0, 0.05) is 22.2 Å². The highest BCUT2D eigenvalue weighted by molar-refractivity contribution is 8.15. The second kappa shape index (κ2) is 10.4. The van der Waals surface area contributed by atoms with Gasteiger partial charge < -0.3 is 15.7 Å². The molecule has 0 radical (unpaired) electrons. The standard InChI is InChI=1S/C22H17Cl2N5O5S/c23-11-6-4-10(5-7-11)17(16-19(32)27-21(34)28-20(16)33)26-22-29-18(31)14(35-22)9-15(30)25-13-3-1-2-12(24)8-13/h1-8,14,17H,9H2,(H,25,30)(H,26,29,31)(H3,27,28,32,33,34). The van der Waals surface area contributed by atoms with Gasteiger partial charge in [0.2, 0.25) is 17.7 Å². The molecule has 0 aliphatic carbocycles. The van der Waals surface area contributed by atoms with Gasteiger partial charge in [0.15, 0.2) is 5.17 Å². The quantitative estimate of drug-likeness (QED) is 0.328. The van der Waals surface area contributed by atoms with Crippen molar-refractivity contribution < 1.29 is 14.7 Å². The Morgan fingerprint density at radius 1 is 1.09 bits per heavy atom. The number of amidine groups is 1. The van der Waals surface area contributed by atoms with Crippen LogP contribution in [0.5, 0.6) is 5.88 Å². The van der Waals surface area contributed by atoms with E-state index >= 15 is 0 Å². The highest BCUT2D eigenvalue weighted by Crippen LogP contribution is 2.32. The number of nitrogens with one attached hydrogen (secondary N) is 4. The van der Waals surface area contributed by atoms with Gasteiger partial charge in [-0.05, 0) is 35.9 Å². The summed E-state index contributed by atoms with van der Waals surface area (Å²) in [5.74, 6) is -1.50. The van der Waals surface area contributed by atoms with E-state index in [1.54, 1.807) is 48.5 Å². The number of rotatable bonds is 6. The van der Waals surface area contributed by atoms with E-state index in [-0.39, 0.29) is 17.2 Å². The third-order valence-electron chi connectivity index (χ3n) is 4.92. The van der Waals surface area contributed by atoms with Crippen LogP contribution >= 0.6 is 35.0 Å². The lowest BCUT2D eigenvalue weighted by Gasteiger charge is -2.14. The normalized spacial score (nSPS) is 17.3. The first-order chi connectivity index (χ1) is 16.7. The molecule has 4 rings (SSSR count). The number of nitrogens with zero attached hydrogens (tertiary/aromatic N) is 1. The first-order valence-electron chi connectivity index (χ1n) is 10.1. The molecule has 2 atom stereocenters. The monoisotopic (exact) mass is 533 g/mol. The van der Waals surface area contributed by atoms with Crippen molar-refractivity contribution in [3.63, 3.8) is 0 Å². The molecule has 35 heavy (non-hydrogen) atoms. The smallest absolute Gasteiger partial charge is 0.328 e. The van der Waals surface area contributed by atoms with E-state index in [1.165, 1.54) is 0 Å². The summed E-state index contributed by atoms with van der Waals surface area (Å²) in [5, 5.41) is 15.8. The summed E-state index contributed by atoms with van der Waals surface area (Å²) in [6.45, 7) is 0. The summed E-state index contributed by atoms with van der Waals surface area (Å²) in [5.41, 5.74) is -0.992. The van der Waals surface area contributed by atoms with Crippen LogP contribution in [0.15, 0.2) is 63.1 Å². The number of thioether (sulfide) groups is 1. The Hall–Kier alpha value is -3.54. The van der Waals surface area contributed by atoms with Crippen molar-refractivity contribution in [1.82, 2.24) is 15.3 Å². The van der Waals surface area contributed by atoms with Crippen LogP contribution in [0.25, 0.3) is 0 Å². The Kier molecular flexibility index (Phi) is 7.29. The largest absolute Gasteiger partial charge is 0.494 e. The number of aliphatic imine (C=N–C) groups is 1. The highest BCUT2D eigenvalue weighted by atomic mass is 35.5. The zero-order chi connectivity index (χ0) is 25.1. The molecule has 2 amide bonds. The Labute approximate surface area is 211 Å². The minimum atomic E-state index is -1.09. The number of aromatic amines is 2. The molecular formula is C22H17Cl2N5O5S. The van der Waals surface area contributed by atoms with Crippen LogP contribution in [0.1, 0.15) is 23.6 Å². The number of amides is 2. The van der Waals surface area contributed by atoms with E-state index < -0.39 is 40.2 Å². The first-order valence-corrected chi connectivity index (χ1v) is 11.7. The van der Waals surface area contributed by atoms with Crippen LogP contribution in [-0.2, 0) is 9.59 Å². The van der Waals surface area contributed by atoms with Gasteiger partial charge in [0.1, 0.15) is 16.9 Å². The Bertz CT molecular complexity index is 1440. The predicted octanol–water partition coefficient (Wildman–Crippen LogP) is 2.78. The van der Waals surface area contributed by atoms with E-state index in [9.17, 15) is 24.3 Å². The molecule has 2 aromatic carbocycles. The molecule has 1 fully saturated rings. The van der Waals surface area contributed by atoms with E-state index in [0.717, 1.165) is 11.8 Å². The van der Waals surface area contributed by atoms with Crippen molar-refractivity contribution in [3.8, 4) is 5.88 Å². The van der Waals surface area contributed by atoms with Gasteiger partial charge in [-0.2, -0.15) is 0 Å². The predicted molar refractivity (Wildman–Crippen MR) is 134 cm³/mol. The molecule has 1 aliphatic heterocycles. The number of hydrogen-bond donors (Lipinski definition) is 5. The third kappa shape index (κ3) is 5.94. The van der Waals surface area contributed by atoms with Gasteiger partial charge >= 0.3 is 5.69 Å². The molecule has 1 aromatic heterocycles. The third-order valence-corrected chi connectivity index (χ3v) is 6.50. The molecule has 1 saturated heterocycles. The second-order valence-corrected chi connectivity index (χ2v) is 9.48. The fraction of sp³-hybridized carbons (Fsp3) is 0.136. The Balaban J connectivity index is 1.59. The fourth-order valence-corrected chi connectivity index (χ4v) is 4.67. The molecule has 0 saturated carbocycles. The van der Waals surface area contributed by atoms with Crippen molar-refractivity contribution in [2.45, 2.75) is 17.7 Å². The highest BCUT2D eigenvalue weighted by Gasteiger charge is 2.33. The molecule has 1 aliphatic rings. The first kappa shape index (κ1) is 24.6. The summed E-state index contributed by atoms with van der Waals surface area (Å²) in [6, 6.07) is 11.9. The topological polar surface area (TPSA) is 157 Å². The van der Waals surface area contributed by atoms with Crippen LogP contribution in [0.3, 0.4) is 0 Å². The summed E-state index contributed by atoms with van der Waals surface area (Å²) in [6.07, 6.45) is -0.141. The van der Waals surface area contributed by atoms with Crippen molar-refractivity contribution in [3.05, 3.63) is 90.5 Å². The Morgan fingerprint density at radius 2 is 1.83 bits per heavy atom. The molecular weight excluding hydrogens is 517 g/mol. The molecule has 2 heterocycles. The van der Waals surface area contributed by atoms with Gasteiger partial charge in [-0.1, -0.05) is 53.2 Å². The average Bonchev–Trinajstić information content (AvgIpc) is 3.11. The van der Waals surface area contributed by atoms with E-state index in [2.05, 4.69) is 25.6 Å². The maximum atomic E-state index is 12.5. The zero-order valence-electron chi connectivity index (χ0n) is 17.7. The maximum Gasteiger partial charge on any atom is 0.328 e. The van der Waals surface area contributed by atoms with Crippen LogP contribution in [0.4, 0.5) is 5.69 Å². The van der Waals surface area contributed by atoms with Gasteiger partial charge in [0.25, 0.3) is 5.56 Å². The zero-order valence-corrected chi connectivity index (χ0v) is 20.0. The number of benzene rings is 2. The van der Waals surface area contributed by atoms with Crippen molar-refractivity contribution in [2.75, 3.05) is 5.32 Å². The van der Waals surface area contributed by atoms with Crippen molar-refractivity contribution in [1.29, 1.82) is 0 Å². The molecule has 0 bridgehead atoms. The van der Waals surface area contributed by atoms with Gasteiger partial charge in [-0.25, -0.2) is 9.79 Å². The average molecular weight is 534 g/mol. The number of anilines is 1. The van der Waals surface area contributed by atoms with E-state index in [0.29, 0.717) is 21.3 Å².